The van der Waals surface area contributed by atoms with Crippen molar-refractivity contribution in [2.45, 2.75) is 10.9 Å². The topological polar surface area (TPSA) is 83.0 Å². The number of halogens is 1. The molecule has 0 aliphatic rings. The summed E-state index contributed by atoms with van der Waals surface area (Å²) in [6, 6.07) is 21.7. The summed E-state index contributed by atoms with van der Waals surface area (Å²) >= 11 is 7.29. The third-order valence-electron chi connectivity index (χ3n) is 4.94. The number of thioether (sulfide) groups is 1. The molecule has 9 heteroatoms. The number of ether oxygens (including phenoxy) is 1. The average molecular weight is 477 g/mol. The van der Waals surface area contributed by atoms with E-state index >= 15 is 0 Å². The number of hydrogen-bond donors (Lipinski definition) is 0. The number of methoxy groups -OCH3 is 1. The number of benzene rings is 3. The molecule has 2 aromatic heterocycles. The molecule has 0 spiro atoms. The van der Waals surface area contributed by atoms with Gasteiger partial charge in [-0.3, -0.25) is 9.36 Å². The van der Waals surface area contributed by atoms with Crippen molar-refractivity contribution >= 4 is 34.3 Å². The van der Waals surface area contributed by atoms with Gasteiger partial charge in [-0.15, -0.1) is 10.2 Å². The SMILES string of the molecule is COc1cccc(-n2c(SCc3nnc(-c4ccc(Cl)cc4)o3)nc3ccccc3c2=O)c1. The van der Waals surface area contributed by atoms with Crippen LogP contribution < -0.4 is 10.3 Å². The van der Waals surface area contributed by atoms with Crippen LogP contribution in [0.5, 0.6) is 5.75 Å². The highest BCUT2D eigenvalue weighted by Gasteiger charge is 2.16. The lowest BCUT2D eigenvalue weighted by atomic mass is 10.2. The zero-order valence-corrected chi connectivity index (χ0v) is 19.0. The predicted molar refractivity (Wildman–Crippen MR) is 128 cm³/mol. The Bertz CT molecular complexity index is 1500. The normalized spacial score (nSPS) is 11.1. The Kier molecular flexibility index (Phi) is 5.85. The molecule has 5 rings (SSSR count). The highest BCUT2D eigenvalue weighted by Crippen LogP contribution is 2.27. The van der Waals surface area contributed by atoms with Gasteiger partial charge in [-0.25, -0.2) is 4.98 Å². The van der Waals surface area contributed by atoms with Gasteiger partial charge in [0.15, 0.2) is 5.16 Å². The molecule has 0 fully saturated rings. The standard InChI is InChI=1S/C24H17ClN4O3S/c1-31-18-6-4-5-17(13-18)29-23(30)19-7-2-3-8-20(19)26-24(29)33-14-21-27-28-22(32-21)15-9-11-16(25)12-10-15/h2-13H,14H2,1H3. The Labute approximate surface area is 198 Å². The number of fused-ring (bicyclic) bond motifs is 1. The van der Waals surface area contributed by atoms with Gasteiger partial charge in [0, 0.05) is 16.7 Å². The number of para-hydroxylation sites is 1. The Hall–Kier alpha value is -3.62. The molecule has 0 saturated carbocycles. The lowest BCUT2D eigenvalue weighted by Gasteiger charge is -2.13. The van der Waals surface area contributed by atoms with E-state index in [0.717, 1.165) is 5.56 Å². The van der Waals surface area contributed by atoms with Crippen molar-refractivity contribution in [2.24, 2.45) is 0 Å². The number of rotatable bonds is 6. The second kappa shape index (κ2) is 9.09. The summed E-state index contributed by atoms with van der Waals surface area (Å²) in [7, 11) is 1.59. The minimum absolute atomic E-state index is 0.163. The quantitative estimate of drug-likeness (QED) is 0.240. The maximum Gasteiger partial charge on any atom is 0.266 e. The molecule has 164 valence electrons. The summed E-state index contributed by atoms with van der Waals surface area (Å²) < 4.78 is 12.7. The molecule has 0 N–H and O–H groups in total. The largest absolute Gasteiger partial charge is 0.497 e. The van der Waals surface area contributed by atoms with Crippen LogP contribution in [0.4, 0.5) is 0 Å². The van der Waals surface area contributed by atoms with E-state index in [1.165, 1.54) is 11.8 Å². The molecule has 0 amide bonds. The highest BCUT2D eigenvalue weighted by molar-refractivity contribution is 7.98. The fourth-order valence-electron chi connectivity index (χ4n) is 3.33. The third kappa shape index (κ3) is 4.35. The number of hydrogen-bond acceptors (Lipinski definition) is 7. The molecule has 0 aliphatic heterocycles. The van der Waals surface area contributed by atoms with Gasteiger partial charge in [0.25, 0.3) is 5.56 Å². The van der Waals surface area contributed by atoms with Gasteiger partial charge in [-0.05, 0) is 48.5 Å². The van der Waals surface area contributed by atoms with Crippen LogP contribution in [-0.2, 0) is 5.75 Å². The van der Waals surface area contributed by atoms with Gasteiger partial charge in [0.05, 0.1) is 29.5 Å². The van der Waals surface area contributed by atoms with Crippen LogP contribution in [0, 0.1) is 0 Å². The van der Waals surface area contributed by atoms with E-state index in [1.54, 1.807) is 35.9 Å². The van der Waals surface area contributed by atoms with Crippen molar-refractivity contribution in [3.8, 4) is 22.9 Å². The molecule has 0 aliphatic carbocycles. The van der Waals surface area contributed by atoms with E-state index < -0.39 is 0 Å². The van der Waals surface area contributed by atoms with E-state index in [2.05, 4.69) is 10.2 Å². The van der Waals surface area contributed by atoms with E-state index in [9.17, 15) is 4.79 Å². The van der Waals surface area contributed by atoms with E-state index in [0.29, 0.717) is 50.1 Å². The van der Waals surface area contributed by atoms with Crippen molar-refractivity contribution in [2.75, 3.05) is 7.11 Å². The molecule has 2 heterocycles. The lowest BCUT2D eigenvalue weighted by Crippen LogP contribution is -2.21. The molecule has 0 atom stereocenters. The van der Waals surface area contributed by atoms with Gasteiger partial charge in [0.2, 0.25) is 11.8 Å². The first-order valence-electron chi connectivity index (χ1n) is 10.00. The van der Waals surface area contributed by atoms with E-state index in [4.69, 9.17) is 25.7 Å². The summed E-state index contributed by atoms with van der Waals surface area (Å²) in [5.74, 6) is 1.81. The van der Waals surface area contributed by atoms with Gasteiger partial charge >= 0.3 is 0 Å². The van der Waals surface area contributed by atoms with E-state index in [-0.39, 0.29) is 5.56 Å². The molecule has 0 saturated heterocycles. The van der Waals surface area contributed by atoms with Gasteiger partial charge in [-0.2, -0.15) is 0 Å². The Balaban J connectivity index is 1.51. The Morgan fingerprint density at radius 1 is 1.03 bits per heavy atom. The van der Waals surface area contributed by atoms with Gasteiger partial charge in [-0.1, -0.05) is 41.6 Å². The summed E-state index contributed by atoms with van der Waals surface area (Å²) in [5, 5.41) is 9.94. The van der Waals surface area contributed by atoms with Crippen LogP contribution in [0.3, 0.4) is 0 Å². The minimum Gasteiger partial charge on any atom is -0.497 e. The van der Waals surface area contributed by atoms with Crippen LogP contribution in [0.25, 0.3) is 28.0 Å². The number of nitrogens with zero attached hydrogens (tertiary/aromatic N) is 4. The minimum atomic E-state index is -0.163. The Morgan fingerprint density at radius 3 is 2.67 bits per heavy atom. The summed E-state index contributed by atoms with van der Waals surface area (Å²) in [4.78, 5) is 18.1. The van der Waals surface area contributed by atoms with Crippen LogP contribution in [0.15, 0.2) is 87.2 Å². The second-order valence-electron chi connectivity index (χ2n) is 7.05. The fourth-order valence-corrected chi connectivity index (χ4v) is 4.31. The molecule has 3 aromatic carbocycles. The number of aromatic nitrogens is 4. The molecular formula is C24H17ClN4O3S. The molecule has 5 aromatic rings. The van der Waals surface area contributed by atoms with E-state index in [1.807, 2.05) is 48.5 Å². The third-order valence-corrected chi connectivity index (χ3v) is 6.11. The van der Waals surface area contributed by atoms with Gasteiger partial charge < -0.3 is 9.15 Å². The zero-order valence-electron chi connectivity index (χ0n) is 17.4. The van der Waals surface area contributed by atoms with Crippen LogP contribution in [0.2, 0.25) is 5.02 Å². The van der Waals surface area contributed by atoms with Crippen LogP contribution >= 0.6 is 23.4 Å². The summed E-state index contributed by atoms with van der Waals surface area (Å²) in [6.07, 6.45) is 0. The fraction of sp³-hybridized carbons (Fsp3) is 0.0833. The average Bonchev–Trinajstić information content (AvgIpc) is 3.32. The first-order chi connectivity index (χ1) is 16.1. The smallest absolute Gasteiger partial charge is 0.266 e. The van der Waals surface area contributed by atoms with Crippen LogP contribution in [-0.4, -0.2) is 26.9 Å². The van der Waals surface area contributed by atoms with Crippen LogP contribution in [0.1, 0.15) is 5.89 Å². The molecule has 7 nitrogen and oxygen atoms in total. The summed E-state index contributed by atoms with van der Waals surface area (Å²) in [6.45, 7) is 0. The Morgan fingerprint density at radius 2 is 1.85 bits per heavy atom. The molecule has 33 heavy (non-hydrogen) atoms. The van der Waals surface area contributed by atoms with Gasteiger partial charge in [0.1, 0.15) is 5.75 Å². The van der Waals surface area contributed by atoms with Crippen molar-refractivity contribution in [1.82, 2.24) is 19.7 Å². The van der Waals surface area contributed by atoms with Crippen molar-refractivity contribution < 1.29 is 9.15 Å². The molecule has 0 unspecified atom stereocenters. The predicted octanol–water partition coefficient (Wildman–Crippen LogP) is 5.39. The summed E-state index contributed by atoms with van der Waals surface area (Å²) in [5.41, 5.74) is 1.90. The molecular weight excluding hydrogens is 460 g/mol. The first-order valence-corrected chi connectivity index (χ1v) is 11.4. The molecule has 0 radical (unpaired) electrons. The van der Waals surface area contributed by atoms with Crippen molar-refractivity contribution in [3.63, 3.8) is 0 Å². The molecule has 0 bridgehead atoms. The lowest BCUT2D eigenvalue weighted by molar-refractivity contribution is 0.414. The van der Waals surface area contributed by atoms with Crippen molar-refractivity contribution in [3.05, 3.63) is 94.1 Å². The van der Waals surface area contributed by atoms with Crippen molar-refractivity contribution in [1.29, 1.82) is 0 Å². The maximum absolute atomic E-state index is 13.4. The highest BCUT2D eigenvalue weighted by atomic mass is 35.5. The zero-order chi connectivity index (χ0) is 22.8. The second-order valence-corrected chi connectivity index (χ2v) is 8.43. The maximum atomic E-state index is 13.4. The monoisotopic (exact) mass is 476 g/mol. The first kappa shape index (κ1) is 21.2.